The Morgan fingerprint density at radius 3 is 2.50 bits per heavy atom. The fourth-order valence-corrected chi connectivity index (χ4v) is 2.91. The lowest BCUT2D eigenvalue weighted by Gasteiger charge is -2.13. The summed E-state index contributed by atoms with van der Waals surface area (Å²) in [5, 5.41) is -0.0395. The van der Waals surface area contributed by atoms with E-state index in [1.165, 1.54) is 7.11 Å². The van der Waals surface area contributed by atoms with Crippen molar-refractivity contribution in [2.24, 2.45) is 0 Å². The molecule has 0 aliphatic heterocycles. The summed E-state index contributed by atoms with van der Waals surface area (Å²) in [6.45, 7) is 3.99. The van der Waals surface area contributed by atoms with Gasteiger partial charge in [-0.3, -0.25) is 4.79 Å². The van der Waals surface area contributed by atoms with Crippen LogP contribution in [0.3, 0.4) is 0 Å². The zero-order chi connectivity index (χ0) is 13.8. The van der Waals surface area contributed by atoms with Crippen molar-refractivity contribution in [3.8, 4) is 0 Å². The third-order valence-electron chi connectivity index (χ3n) is 2.96. The zero-order valence-corrected chi connectivity index (χ0v) is 12.7. The minimum absolute atomic E-state index is 0.0395. The van der Waals surface area contributed by atoms with Gasteiger partial charge in [0.1, 0.15) is 5.25 Å². The molecule has 0 aromatic rings. The van der Waals surface area contributed by atoms with E-state index in [9.17, 15) is 9.18 Å². The van der Waals surface area contributed by atoms with Crippen molar-refractivity contribution in [1.82, 2.24) is 0 Å². The van der Waals surface area contributed by atoms with Crippen molar-refractivity contribution >= 4 is 17.7 Å². The molecule has 0 saturated carbocycles. The summed E-state index contributed by atoms with van der Waals surface area (Å²) in [4.78, 5) is 11.5. The van der Waals surface area contributed by atoms with Gasteiger partial charge in [-0.25, -0.2) is 4.39 Å². The summed E-state index contributed by atoms with van der Waals surface area (Å²) in [6.07, 6.45) is 5.50. The van der Waals surface area contributed by atoms with Gasteiger partial charge in [-0.15, -0.1) is 11.8 Å². The Labute approximate surface area is 115 Å². The monoisotopic (exact) mass is 278 g/mol. The van der Waals surface area contributed by atoms with E-state index in [1.807, 2.05) is 6.92 Å². The average Bonchev–Trinajstić information content (AvgIpc) is 2.40. The number of hydrogen-bond acceptors (Lipinski definition) is 3. The van der Waals surface area contributed by atoms with E-state index in [1.54, 1.807) is 11.8 Å². The molecule has 0 aromatic heterocycles. The van der Waals surface area contributed by atoms with Gasteiger partial charge in [-0.1, -0.05) is 26.7 Å². The van der Waals surface area contributed by atoms with Crippen LogP contribution in [0.25, 0.3) is 0 Å². The quantitative estimate of drug-likeness (QED) is 0.415. The van der Waals surface area contributed by atoms with Crippen molar-refractivity contribution < 1.29 is 13.9 Å². The fraction of sp³-hybridized carbons (Fsp3) is 0.929. The molecule has 0 saturated heterocycles. The van der Waals surface area contributed by atoms with E-state index in [0.29, 0.717) is 12.8 Å². The van der Waals surface area contributed by atoms with Crippen LogP contribution in [-0.2, 0) is 9.53 Å². The number of carbonyl (C=O) groups is 1. The fourth-order valence-electron chi connectivity index (χ4n) is 1.69. The van der Waals surface area contributed by atoms with Crippen LogP contribution in [0, 0.1) is 0 Å². The second-order valence-corrected chi connectivity index (χ2v) is 5.84. The van der Waals surface area contributed by atoms with Crippen molar-refractivity contribution in [3.63, 3.8) is 0 Å². The molecule has 4 heteroatoms. The first-order valence-corrected chi connectivity index (χ1v) is 8.04. The highest BCUT2D eigenvalue weighted by atomic mass is 32.2. The molecule has 0 aliphatic carbocycles. The molecule has 18 heavy (non-hydrogen) atoms. The third kappa shape index (κ3) is 8.78. The van der Waals surface area contributed by atoms with Gasteiger partial charge in [-0.05, 0) is 37.9 Å². The second-order valence-electron chi connectivity index (χ2n) is 4.53. The molecular formula is C14H27FO2S. The van der Waals surface area contributed by atoms with E-state index < -0.39 is 6.17 Å². The summed E-state index contributed by atoms with van der Waals surface area (Å²) in [5.41, 5.74) is 0. The molecule has 0 bridgehead atoms. The van der Waals surface area contributed by atoms with Gasteiger partial charge in [-0.2, -0.15) is 0 Å². The first-order valence-electron chi connectivity index (χ1n) is 6.99. The molecular weight excluding hydrogens is 251 g/mol. The van der Waals surface area contributed by atoms with E-state index in [0.717, 1.165) is 37.9 Å². The predicted octanol–water partition coefficient (Wildman–Crippen LogP) is 4.37. The molecule has 0 N–H and O–H groups in total. The summed E-state index contributed by atoms with van der Waals surface area (Å²) >= 11 is 1.66. The van der Waals surface area contributed by atoms with E-state index >= 15 is 0 Å². The number of hydrogen-bond donors (Lipinski definition) is 0. The van der Waals surface area contributed by atoms with Gasteiger partial charge in [0, 0.05) is 0 Å². The Morgan fingerprint density at radius 1 is 1.22 bits per heavy atom. The summed E-state index contributed by atoms with van der Waals surface area (Å²) < 4.78 is 17.8. The molecule has 108 valence electrons. The molecule has 0 spiro atoms. The summed E-state index contributed by atoms with van der Waals surface area (Å²) in [6, 6.07) is 0. The molecule has 0 radical (unpaired) electrons. The lowest BCUT2D eigenvalue weighted by molar-refractivity contribution is -0.140. The van der Waals surface area contributed by atoms with Crippen LogP contribution in [0.5, 0.6) is 0 Å². The zero-order valence-electron chi connectivity index (χ0n) is 11.9. The van der Waals surface area contributed by atoms with Crippen LogP contribution in [0.1, 0.15) is 58.8 Å². The normalized spacial score (nSPS) is 14.2. The first-order chi connectivity index (χ1) is 8.65. The van der Waals surface area contributed by atoms with Crippen molar-refractivity contribution in [1.29, 1.82) is 0 Å². The summed E-state index contributed by atoms with van der Waals surface area (Å²) in [7, 11) is 1.44. The highest BCUT2D eigenvalue weighted by molar-refractivity contribution is 8.00. The lowest BCUT2D eigenvalue weighted by Crippen LogP contribution is -2.19. The number of alkyl halides is 1. The molecule has 0 amide bonds. The second kappa shape index (κ2) is 11.8. The minimum Gasteiger partial charge on any atom is -0.468 e. The van der Waals surface area contributed by atoms with Crippen LogP contribution >= 0.6 is 11.8 Å². The highest BCUT2D eigenvalue weighted by Gasteiger charge is 2.18. The number of ether oxygens (including phenoxy) is 1. The number of esters is 1. The molecule has 0 fully saturated rings. The van der Waals surface area contributed by atoms with Crippen LogP contribution in [0.2, 0.25) is 0 Å². The topological polar surface area (TPSA) is 26.3 Å². The maximum absolute atomic E-state index is 13.0. The van der Waals surface area contributed by atoms with Gasteiger partial charge in [0.05, 0.1) is 13.3 Å². The Bertz CT molecular complexity index is 212. The minimum atomic E-state index is -0.661. The number of rotatable bonds is 11. The van der Waals surface area contributed by atoms with E-state index in [4.69, 9.17) is 4.74 Å². The van der Waals surface area contributed by atoms with E-state index in [2.05, 4.69) is 6.92 Å². The van der Waals surface area contributed by atoms with Crippen LogP contribution in [-0.4, -0.2) is 30.3 Å². The smallest absolute Gasteiger partial charge is 0.318 e. The molecule has 0 rings (SSSR count). The first kappa shape index (κ1) is 17.8. The highest BCUT2D eigenvalue weighted by Crippen LogP contribution is 2.21. The SMILES string of the molecule is CCCCC(SCCCCC(F)CC)C(=O)OC. The van der Waals surface area contributed by atoms with Crippen LogP contribution in [0.15, 0.2) is 0 Å². The third-order valence-corrected chi connectivity index (χ3v) is 4.31. The molecule has 0 aromatic carbocycles. The van der Waals surface area contributed by atoms with Gasteiger partial charge < -0.3 is 4.74 Å². The van der Waals surface area contributed by atoms with Crippen LogP contribution in [0.4, 0.5) is 4.39 Å². The van der Waals surface area contributed by atoms with Gasteiger partial charge in [0.25, 0.3) is 0 Å². The number of methoxy groups -OCH3 is 1. The number of halogens is 1. The van der Waals surface area contributed by atoms with Crippen molar-refractivity contribution in [3.05, 3.63) is 0 Å². The van der Waals surface area contributed by atoms with E-state index in [-0.39, 0.29) is 11.2 Å². The number of carbonyl (C=O) groups excluding carboxylic acids is 1. The number of unbranched alkanes of at least 4 members (excludes halogenated alkanes) is 2. The predicted molar refractivity (Wildman–Crippen MR) is 76.8 cm³/mol. The summed E-state index contributed by atoms with van der Waals surface area (Å²) in [5.74, 6) is 0.797. The Morgan fingerprint density at radius 2 is 1.94 bits per heavy atom. The molecule has 2 atom stereocenters. The van der Waals surface area contributed by atoms with Crippen LogP contribution < -0.4 is 0 Å². The Balaban J connectivity index is 3.72. The Hall–Kier alpha value is -0.250. The largest absolute Gasteiger partial charge is 0.468 e. The molecule has 0 aliphatic rings. The standard InChI is InChI=1S/C14H27FO2S/c1-4-6-10-13(14(16)17-3)18-11-8-7-9-12(15)5-2/h12-13H,4-11H2,1-3H3. The average molecular weight is 278 g/mol. The number of thioether (sulfide) groups is 1. The van der Waals surface area contributed by atoms with Gasteiger partial charge in [0.2, 0.25) is 0 Å². The molecule has 0 heterocycles. The maximum Gasteiger partial charge on any atom is 0.318 e. The van der Waals surface area contributed by atoms with Gasteiger partial charge >= 0.3 is 5.97 Å². The maximum atomic E-state index is 13.0. The molecule has 2 unspecified atom stereocenters. The van der Waals surface area contributed by atoms with Crippen molar-refractivity contribution in [2.75, 3.05) is 12.9 Å². The lowest BCUT2D eigenvalue weighted by atomic mass is 10.1. The molecule has 2 nitrogen and oxygen atoms in total. The van der Waals surface area contributed by atoms with Gasteiger partial charge in [0.15, 0.2) is 0 Å². The van der Waals surface area contributed by atoms with Crippen molar-refractivity contribution in [2.45, 2.75) is 70.2 Å². The Kier molecular flexibility index (Phi) is 11.7.